The lowest BCUT2D eigenvalue weighted by Crippen LogP contribution is -2.37. The topological polar surface area (TPSA) is 28.3 Å². The first-order chi connectivity index (χ1) is 12.7. The third-order valence-corrected chi connectivity index (χ3v) is 5.83. The fourth-order valence-electron chi connectivity index (χ4n) is 4.28. The van der Waals surface area contributed by atoms with Crippen LogP contribution in [0.15, 0.2) is 48.5 Å². The van der Waals surface area contributed by atoms with Crippen molar-refractivity contribution in [2.75, 3.05) is 20.2 Å². The molecular formula is C23H28N2O. The van der Waals surface area contributed by atoms with Crippen LogP contribution < -0.4 is 4.74 Å². The van der Waals surface area contributed by atoms with E-state index in [1.165, 1.54) is 40.6 Å². The molecule has 1 saturated heterocycles. The van der Waals surface area contributed by atoms with Crippen molar-refractivity contribution in [2.45, 2.75) is 32.7 Å². The number of likely N-dealkylation sites (tertiary alicyclic amines) is 1. The minimum absolute atomic E-state index is 0.282. The second-order valence-electron chi connectivity index (χ2n) is 7.60. The van der Waals surface area contributed by atoms with Gasteiger partial charge in [-0.25, -0.2) is 0 Å². The number of nitrogens with one attached hydrogen (secondary N) is 1. The monoisotopic (exact) mass is 348 g/mol. The van der Waals surface area contributed by atoms with E-state index >= 15 is 0 Å². The highest BCUT2D eigenvalue weighted by Crippen LogP contribution is 2.38. The predicted molar refractivity (Wildman–Crippen MR) is 108 cm³/mol. The molecule has 4 rings (SSSR count). The molecule has 0 saturated carbocycles. The number of H-pyrrole nitrogens is 1. The predicted octanol–water partition coefficient (Wildman–Crippen LogP) is 5.31. The minimum atomic E-state index is 0.282. The molecule has 1 aliphatic heterocycles. The van der Waals surface area contributed by atoms with Crippen LogP contribution in [0, 0.1) is 12.8 Å². The maximum absolute atomic E-state index is 5.37. The van der Waals surface area contributed by atoms with Crippen LogP contribution in [0.25, 0.3) is 10.9 Å². The van der Waals surface area contributed by atoms with Crippen LogP contribution in [0.5, 0.6) is 5.75 Å². The zero-order valence-electron chi connectivity index (χ0n) is 16.0. The number of methoxy groups -OCH3 is 1. The fraction of sp³-hybridized carbons (Fsp3) is 0.391. The van der Waals surface area contributed by atoms with Gasteiger partial charge in [0.1, 0.15) is 5.75 Å². The van der Waals surface area contributed by atoms with E-state index in [1.54, 1.807) is 7.11 Å². The minimum Gasteiger partial charge on any atom is -0.497 e. The number of aryl methyl sites for hydroxylation is 1. The number of benzene rings is 2. The molecule has 3 nitrogen and oxygen atoms in total. The lowest BCUT2D eigenvalue weighted by Gasteiger charge is -2.37. The standard InChI is InChI=1S/C23H28N2O/c1-16-12-14-25(15-13-16)23(18-8-10-19(26-3)11-9-18)22-17(2)24-21-7-5-4-6-20(21)22/h4-11,16,23-24H,12-15H2,1-3H3/t23-/m1/s1. The molecule has 1 aromatic heterocycles. The molecule has 0 radical (unpaired) electrons. The van der Waals surface area contributed by atoms with Crippen molar-refractivity contribution in [1.29, 1.82) is 0 Å². The number of aromatic amines is 1. The molecule has 3 aromatic rings. The molecule has 26 heavy (non-hydrogen) atoms. The van der Waals surface area contributed by atoms with Crippen molar-refractivity contribution in [3.8, 4) is 5.75 Å². The molecule has 136 valence electrons. The lowest BCUT2D eigenvalue weighted by atomic mass is 9.90. The normalized spacial score (nSPS) is 17.5. The van der Waals surface area contributed by atoms with E-state index in [0.29, 0.717) is 0 Å². The van der Waals surface area contributed by atoms with Gasteiger partial charge in [0.05, 0.1) is 13.2 Å². The maximum Gasteiger partial charge on any atom is 0.118 e. The molecule has 1 atom stereocenters. The van der Waals surface area contributed by atoms with Crippen LogP contribution in [0.4, 0.5) is 0 Å². The Bertz CT molecular complexity index is 873. The smallest absolute Gasteiger partial charge is 0.118 e. The summed E-state index contributed by atoms with van der Waals surface area (Å²) in [5.74, 6) is 1.74. The number of aromatic nitrogens is 1. The van der Waals surface area contributed by atoms with E-state index in [2.05, 4.69) is 72.3 Å². The van der Waals surface area contributed by atoms with Crippen LogP contribution in [0.3, 0.4) is 0 Å². The highest BCUT2D eigenvalue weighted by molar-refractivity contribution is 5.85. The van der Waals surface area contributed by atoms with Gasteiger partial charge in [0.15, 0.2) is 0 Å². The molecule has 0 bridgehead atoms. The molecule has 3 heteroatoms. The highest BCUT2D eigenvalue weighted by atomic mass is 16.5. The van der Waals surface area contributed by atoms with Crippen LogP contribution in [0.1, 0.15) is 42.6 Å². The van der Waals surface area contributed by atoms with Crippen molar-refractivity contribution in [1.82, 2.24) is 9.88 Å². The number of para-hydroxylation sites is 1. The lowest BCUT2D eigenvalue weighted by molar-refractivity contribution is 0.158. The molecule has 0 unspecified atom stereocenters. The Hall–Kier alpha value is -2.26. The molecule has 0 aliphatic carbocycles. The van der Waals surface area contributed by atoms with Gasteiger partial charge in [-0.15, -0.1) is 0 Å². The molecule has 0 amide bonds. The van der Waals surface area contributed by atoms with Gasteiger partial charge >= 0.3 is 0 Å². The Morgan fingerprint density at radius 3 is 2.42 bits per heavy atom. The summed E-state index contributed by atoms with van der Waals surface area (Å²) in [6.07, 6.45) is 2.54. The van der Waals surface area contributed by atoms with Crippen LogP contribution in [-0.4, -0.2) is 30.1 Å². The number of hydrogen-bond acceptors (Lipinski definition) is 2. The Morgan fingerprint density at radius 1 is 1.04 bits per heavy atom. The summed E-state index contributed by atoms with van der Waals surface area (Å²) >= 11 is 0. The average Bonchev–Trinajstić information content (AvgIpc) is 3.00. The van der Waals surface area contributed by atoms with Crippen molar-refractivity contribution in [3.05, 3.63) is 65.4 Å². The number of nitrogens with zero attached hydrogens (tertiary/aromatic N) is 1. The van der Waals surface area contributed by atoms with Gasteiger partial charge in [-0.05, 0) is 62.5 Å². The average molecular weight is 348 g/mol. The summed E-state index contributed by atoms with van der Waals surface area (Å²) in [6, 6.07) is 17.6. The fourth-order valence-corrected chi connectivity index (χ4v) is 4.28. The molecule has 0 spiro atoms. The van der Waals surface area contributed by atoms with Gasteiger partial charge in [-0.1, -0.05) is 37.3 Å². The number of rotatable bonds is 4. The zero-order valence-corrected chi connectivity index (χ0v) is 16.0. The number of fused-ring (bicyclic) bond motifs is 1. The zero-order chi connectivity index (χ0) is 18.1. The largest absolute Gasteiger partial charge is 0.497 e. The molecular weight excluding hydrogens is 320 g/mol. The third-order valence-electron chi connectivity index (χ3n) is 5.83. The third kappa shape index (κ3) is 3.12. The Balaban J connectivity index is 1.82. The summed E-state index contributed by atoms with van der Waals surface area (Å²) < 4.78 is 5.37. The number of piperidine rings is 1. The molecule has 1 fully saturated rings. The highest BCUT2D eigenvalue weighted by Gasteiger charge is 2.29. The quantitative estimate of drug-likeness (QED) is 0.692. The first-order valence-electron chi connectivity index (χ1n) is 9.62. The summed E-state index contributed by atoms with van der Waals surface area (Å²) in [5, 5.41) is 1.34. The summed E-state index contributed by atoms with van der Waals surface area (Å²) in [4.78, 5) is 6.25. The van der Waals surface area contributed by atoms with Gasteiger partial charge in [-0.2, -0.15) is 0 Å². The molecule has 2 heterocycles. The maximum atomic E-state index is 5.37. The van der Waals surface area contributed by atoms with E-state index < -0.39 is 0 Å². The van der Waals surface area contributed by atoms with E-state index in [-0.39, 0.29) is 6.04 Å². The van der Waals surface area contributed by atoms with Crippen molar-refractivity contribution in [3.63, 3.8) is 0 Å². The number of hydrogen-bond donors (Lipinski definition) is 1. The van der Waals surface area contributed by atoms with Crippen LogP contribution in [-0.2, 0) is 0 Å². The number of ether oxygens (including phenoxy) is 1. The van der Waals surface area contributed by atoms with E-state index in [1.807, 2.05) is 0 Å². The first kappa shape index (κ1) is 17.2. The SMILES string of the molecule is COc1ccc([C@H](c2c(C)[nH]c3ccccc23)N2CCC(C)CC2)cc1. The van der Waals surface area contributed by atoms with Gasteiger partial charge in [0, 0.05) is 22.2 Å². The Kier molecular flexibility index (Phi) is 4.73. The second-order valence-corrected chi connectivity index (χ2v) is 7.60. The van der Waals surface area contributed by atoms with Crippen molar-refractivity contribution < 1.29 is 4.74 Å². The summed E-state index contributed by atoms with van der Waals surface area (Å²) in [7, 11) is 1.72. The Labute approximate surface area is 156 Å². The van der Waals surface area contributed by atoms with Crippen molar-refractivity contribution >= 4 is 10.9 Å². The van der Waals surface area contributed by atoms with Crippen molar-refractivity contribution in [2.24, 2.45) is 5.92 Å². The molecule has 1 N–H and O–H groups in total. The summed E-state index contributed by atoms with van der Waals surface area (Å²) in [6.45, 7) is 6.88. The summed E-state index contributed by atoms with van der Waals surface area (Å²) in [5.41, 5.74) is 5.25. The Morgan fingerprint density at radius 2 is 1.73 bits per heavy atom. The van der Waals surface area contributed by atoms with E-state index in [4.69, 9.17) is 4.74 Å². The van der Waals surface area contributed by atoms with Gasteiger partial charge in [0.2, 0.25) is 0 Å². The van der Waals surface area contributed by atoms with E-state index in [0.717, 1.165) is 24.8 Å². The van der Waals surface area contributed by atoms with Crippen LogP contribution >= 0.6 is 0 Å². The van der Waals surface area contributed by atoms with Crippen LogP contribution in [0.2, 0.25) is 0 Å². The van der Waals surface area contributed by atoms with Gasteiger partial charge in [-0.3, -0.25) is 4.90 Å². The first-order valence-corrected chi connectivity index (χ1v) is 9.62. The van der Waals surface area contributed by atoms with E-state index in [9.17, 15) is 0 Å². The molecule has 1 aliphatic rings. The van der Waals surface area contributed by atoms with Gasteiger partial charge in [0.25, 0.3) is 0 Å². The van der Waals surface area contributed by atoms with Gasteiger partial charge < -0.3 is 9.72 Å². The second kappa shape index (κ2) is 7.16. The molecule has 2 aromatic carbocycles.